The molecule has 0 spiro atoms. The molecule has 0 saturated heterocycles. The summed E-state index contributed by atoms with van der Waals surface area (Å²) in [6.45, 7) is 5.65. The number of aliphatic imine (C=N–C) groups is 1. The zero-order valence-corrected chi connectivity index (χ0v) is 18.2. The first-order chi connectivity index (χ1) is 14.9. The maximum atomic E-state index is 12.7. The second-order valence-electron chi connectivity index (χ2n) is 7.36. The summed E-state index contributed by atoms with van der Waals surface area (Å²) in [6.07, 6.45) is 6.50. The Morgan fingerprint density at radius 3 is 2.58 bits per heavy atom. The maximum Gasteiger partial charge on any atom is 0.289 e. The number of nitrogens with one attached hydrogen (secondary N) is 2. The lowest BCUT2D eigenvalue weighted by atomic mass is 10.1. The average molecular weight is 426 g/mol. The molecule has 0 aliphatic rings. The smallest absolute Gasteiger partial charge is 0.289 e. The fourth-order valence-electron chi connectivity index (χ4n) is 2.92. The summed E-state index contributed by atoms with van der Waals surface area (Å²) < 4.78 is 0. The van der Waals surface area contributed by atoms with E-state index in [0.29, 0.717) is 24.5 Å². The van der Waals surface area contributed by atoms with Crippen LogP contribution in [0, 0.1) is 0 Å². The number of benzene rings is 1. The quantitative estimate of drug-likeness (QED) is 0.286. The third kappa shape index (κ3) is 8.06. The summed E-state index contributed by atoms with van der Waals surface area (Å²) in [5, 5.41) is 2.93. The van der Waals surface area contributed by atoms with Crippen LogP contribution in [0.4, 0.5) is 0 Å². The number of nitrogens with two attached hydrogens (primary N) is 1. The number of imidazole rings is 1. The molecular weight excluding hydrogens is 394 g/mol. The van der Waals surface area contributed by atoms with E-state index in [1.54, 1.807) is 24.5 Å². The molecule has 1 aromatic carbocycles. The molecule has 0 aliphatic carbocycles. The number of H-pyrrole nitrogens is 1. The van der Waals surface area contributed by atoms with E-state index in [4.69, 9.17) is 5.73 Å². The molecule has 1 aromatic heterocycles. The average Bonchev–Trinajstić information content (AvgIpc) is 3.26. The van der Waals surface area contributed by atoms with Gasteiger partial charge in [0.1, 0.15) is 5.82 Å². The number of hydrogen-bond acceptors (Lipinski definition) is 5. The number of rotatable bonds is 11. The number of nitrogens with zero attached hydrogens (tertiary/aromatic N) is 4. The molecule has 9 heteroatoms. The minimum Gasteiger partial charge on any atom is -0.379 e. The topological polar surface area (TPSA) is 120 Å². The Bertz CT molecular complexity index is 874. The van der Waals surface area contributed by atoms with Crippen molar-refractivity contribution in [3.8, 4) is 0 Å². The van der Waals surface area contributed by atoms with E-state index in [0.717, 1.165) is 24.9 Å². The lowest BCUT2D eigenvalue weighted by Crippen LogP contribution is -2.39. The standard InChI is InChI=1S/C22H31N7O2/c1-4-24-20(23)22(31)29(16-19-25-12-13-26-19)15-17-7-9-18(10-8-17)21(30)27-11-5-6-14-28(2)3/h4,7-10,12-13H,1,5-6,11,14-16H2,2-3H3,(H2,23,24)(H,25,26)(H,27,30). The zero-order valence-electron chi connectivity index (χ0n) is 18.2. The molecule has 4 N–H and O–H groups in total. The Kier molecular flexibility index (Phi) is 9.44. The third-order valence-electron chi connectivity index (χ3n) is 4.54. The molecular formula is C22H31N7O2. The van der Waals surface area contributed by atoms with Crippen molar-refractivity contribution in [3.05, 3.63) is 66.4 Å². The van der Waals surface area contributed by atoms with Gasteiger partial charge < -0.3 is 25.8 Å². The van der Waals surface area contributed by atoms with Gasteiger partial charge in [-0.1, -0.05) is 18.7 Å². The van der Waals surface area contributed by atoms with Crippen LogP contribution in [0.1, 0.15) is 34.6 Å². The number of amides is 2. The molecule has 166 valence electrons. The van der Waals surface area contributed by atoms with Crippen molar-refractivity contribution in [2.45, 2.75) is 25.9 Å². The van der Waals surface area contributed by atoms with Crippen LogP contribution in [0.2, 0.25) is 0 Å². The summed E-state index contributed by atoms with van der Waals surface area (Å²) in [6, 6.07) is 7.15. The third-order valence-corrected chi connectivity index (χ3v) is 4.54. The second kappa shape index (κ2) is 12.3. The molecule has 0 fully saturated rings. The van der Waals surface area contributed by atoms with Gasteiger partial charge >= 0.3 is 0 Å². The number of carbonyl (C=O) groups is 2. The van der Waals surface area contributed by atoms with Gasteiger partial charge in [0.25, 0.3) is 11.8 Å². The van der Waals surface area contributed by atoms with Crippen molar-refractivity contribution in [2.75, 3.05) is 27.2 Å². The number of hydrogen-bond donors (Lipinski definition) is 3. The minimum absolute atomic E-state index is 0.109. The van der Waals surface area contributed by atoms with Crippen LogP contribution in [0.3, 0.4) is 0 Å². The highest BCUT2D eigenvalue weighted by Crippen LogP contribution is 2.11. The van der Waals surface area contributed by atoms with Crippen LogP contribution in [-0.2, 0) is 17.9 Å². The summed E-state index contributed by atoms with van der Waals surface area (Å²) in [5.74, 6) is -0.0463. The van der Waals surface area contributed by atoms with E-state index in [2.05, 4.69) is 31.8 Å². The lowest BCUT2D eigenvalue weighted by Gasteiger charge is -2.21. The van der Waals surface area contributed by atoms with Gasteiger partial charge in [0.05, 0.1) is 6.54 Å². The number of unbranched alkanes of at least 4 members (excludes halogenated alkanes) is 1. The number of amidine groups is 1. The van der Waals surface area contributed by atoms with Crippen molar-refractivity contribution in [1.29, 1.82) is 0 Å². The van der Waals surface area contributed by atoms with Crippen LogP contribution in [-0.4, -0.2) is 64.6 Å². The highest BCUT2D eigenvalue weighted by molar-refractivity contribution is 6.37. The summed E-state index contributed by atoms with van der Waals surface area (Å²) in [7, 11) is 4.06. The normalized spacial score (nSPS) is 11.4. The van der Waals surface area contributed by atoms with Crippen molar-refractivity contribution in [3.63, 3.8) is 0 Å². The molecule has 1 heterocycles. The number of carbonyl (C=O) groups excluding carboxylic acids is 2. The summed E-state index contributed by atoms with van der Waals surface area (Å²) >= 11 is 0. The molecule has 0 bridgehead atoms. The van der Waals surface area contributed by atoms with E-state index in [1.165, 1.54) is 11.1 Å². The molecule has 0 saturated carbocycles. The van der Waals surface area contributed by atoms with Gasteiger partial charge in [-0.3, -0.25) is 9.59 Å². The van der Waals surface area contributed by atoms with Gasteiger partial charge in [-0.05, 0) is 51.2 Å². The van der Waals surface area contributed by atoms with Crippen molar-refractivity contribution >= 4 is 17.6 Å². The van der Waals surface area contributed by atoms with Gasteiger partial charge in [0, 0.05) is 37.2 Å². The highest BCUT2D eigenvalue weighted by Gasteiger charge is 2.19. The van der Waals surface area contributed by atoms with E-state index in [9.17, 15) is 9.59 Å². The van der Waals surface area contributed by atoms with E-state index in [1.807, 2.05) is 26.2 Å². The Balaban J connectivity index is 1.98. The lowest BCUT2D eigenvalue weighted by molar-refractivity contribution is -0.125. The van der Waals surface area contributed by atoms with Crippen LogP contribution in [0.15, 0.2) is 54.4 Å². The predicted molar refractivity (Wildman–Crippen MR) is 121 cm³/mol. The van der Waals surface area contributed by atoms with Crippen LogP contribution < -0.4 is 11.1 Å². The van der Waals surface area contributed by atoms with Crippen LogP contribution in [0.25, 0.3) is 0 Å². The Labute approximate surface area is 183 Å². The minimum atomic E-state index is -0.421. The van der Waals surface area contributed by atoms with Gasteiger partial charge in [-0.2, -0.15) is 0 Å². The van der Waals surface area contributed by atoms with Gasteiger partial charge in [0.2, 0.25) is 0 Å². The second-order valence-corrected chi connectivity index (χ2v) is 7.36. The molecule has 0 aliphatic heterocycles. The van der Waals surface area contributed by atoms with Crippen LogP contribution in [0.5, 0.6) is 0 Å². The molecule has 2 rings (SSSR count). The Morgan fingerprint density at radius 2 is 1.97 bits per heavy atom. The molecule has 9 nitrogen and oxygen atoms in total. The molecule has 0 unspecified atom stereocenters. The van der Waals surface area contributed by atoms with E-state index < -0.39 is 5.91 Å². The van der Waals surface area contributed by atoms with Gasteiger partial charge in [-0.15, -0.1) is 0 Å². The highest BCUT2D eigenvalue weighted by atomic mass is 16.2. The predicted octanol–water partition coefficient (Wildman–Crippen LogP) is 1.51. The molecule has 2 amide bonds. The Morgan fingerprint density at radius 1 is 1.23 bits per heavy atom. The van der Waals surface area contributed by atoms with E-state index in [-0.39, 0.29) is 18.3 Å². The van der Waals surface area contributed by atoms with Crippen molar-refractivity contribution < 1.29 is 9.59 Å². The summed E-state index contributed by atoms with van der Waals surface area (Å²) in [4.78, 5) is 39.6. The van der Waals surface area contributed by atoms with Crippen molar-refractivity contribution in [2.24, 2.45) is 10.7 Å². The largest absolute Gasteiger partial charge is 0.379 e. The van der Waals surface area contributed by atoms with Gasteiger partial charge in [0.15, 0.2) is 5.84 Å². The SMILES string of the molecule is C=CN=C(N)C(=O)N(Cc1ccc(C(=O)NCCCCN(C)C)cc1)Cc1ncc[nH]1. The van der Waals surface area contributed by atoms with E-state index >= 15 is 0 Å². The molecule has 0 radical (unpaired) electrons. The zero-order chi connectivity index (χ0) is 22.6. The number of aromatic nitrogens is 2. The molecule has 31 heavy (non-hydrogen) atoms. The van der Waals surface area contributed by atoms with Crippen LogP contribution >= 0.6 is 0 Å². The molecule has 0 atom stereocenters. The Hall–Kier alpha value is -3.46. The first kappa shape index (κ1) is 23.8. The number of aromatic amines is 1. The fourth-order valence-corrected chi connectivity index (χ4v) is 2.92. The monoisotopic (exact) mass is 425 g/mol. The fraction of sp³-hybridized carbons (Fsp3) is 0.364. The summed E-state index contributed by atoms with van der Waals surface area (Å²) in [5.41, 5.74) is 7.19. The first-order valence-electron chi connectivity index (χ1n) is 10.1. The molecule has 2 aromatic rings. The maximum absolute atomic E-state index is 12.7. The first-order valence-corrected chi connectivity index (χ1v) is 10.1. The van der Waals surface area contributed by atoms with Gasteiger partial charge in [-0.25, -0.2) is 9.98 Å². The van der Waals surface area contributed by atoms with Crippen molar-refractivity contribution in [1.82, 2.24) is 25.1 Å².